The lowest BCUT2D eigenvalue weighted by Gasteiger charge is -2.36. The van der Waals surface area contributed by atoms with Crippen LogP contribution < -0.4 is 22.0 Å². The van der Waals surface area contributed by atoms with Crippen molar-refractivity contribution in [3.8, 4) is 5.75 Å². The van der Waals surface area contributed by atoms with Crippen LogP contribution in [-0.2, 0) is 0 Å². The molecule has 0 bridgehead atoms. The number of amides is 1. The number of benzene rings is 1. The molecule has 23 heavy (non-hydrogen) atoms. The zero-order chi connectivity index (χ0) is 15.5. The Kier molecular flexibility index (Phi) is 6.33. The Morgan fingerprint density at radius 1 is 1.13 bits per heavy atom. The highest BCUT2D eigenvalue weighted by atomic mass is 79.9. The molecule has 1 amide bonds. The van der Waals surface area contributed by atoms with Gasteiger partial charge in [-0.15, -0.1) is 11.3 Å². The van der Waals surface area contributed by atoms with E-state index >= 15 is 0 Å². The van der Waals surface area contributed by atoms with Crippen molar-refractivity contribution in [3.63, 3.8) is 0 Å². The summed E-state index contributed by atoms with van der Waals surface area (Å²) in [6.07, 6.45) is 0. The predicted octanol–water partition coefficient (Wildman–Crippen LogP) is 0.486. The summed E-state index contributed by atoms with van der Waals surface area (Å²) in [6.45, 7) is 3.09. The number of methoxy groups -OCH3 is 1. The van der Waals surface area contributed by atoms with Crippen molar-refractivity contribution < 1.29 is 21.9 Å². The number of halogens is 2. The summed E-state index contributed by atoms with van der Waals surface area (Å²) < 4.78 is 6.41. The third-order valence-electron chi connectivity index (χ3n) is 3.78. The molecule has 4 nitrogen and oxygen atoms in total. The molecule has 0 unspecified atom stereocenters. The van der Waals surface area contributed by atoms with Gasteiger partial charge in [-0.1, -0.05) is 12.1 Å². The minimum atomic E-state index is 0. The minimum absolute atomic E-state index is 0. The van der Waals surface area contributed by atoms with Crippen LogP contribution in [0.1, 0.15) is 9.67 Å². The Morgan fingerprint density at radius 2 is 1.83 bits per heavy atom. The third kappa shape index (κ3) is 4.00. The third-order valence-corrected chi connectivity index (χ3v) is 5.39. The molecule has 0 aliphatic carbocycles. The van der Waals surface area contributed by atoms with Crippen LogP contribution in [0.25, 0.3) is 0 Å². The summed E-state index contributed by atoms with van der Waals surface area (Å²) in [5, 5.41) is 0. The highest BCUT2D eigenvalue weighted by Crippen LogP contribution is 2.29. The highest BCUT2D eigenvalue weighted by molar-refractivity contribution is 9.11. The lowest BCUT2D eigenvalue weighted by Crippen LogP contribution is -3.00. The van der Waals surface area contributed by atoms with E-state index < -0.39 is 0 Å². The van der Waals surface area contributed by atoms with E-state index in [-0.39, 0.29) is 18.3 Å². The molecule has 0 saturated carbocycles. The van der Waals surface area contributed by atoms with Gasteiger partial charge in [-0.05, 0) is 40.2 Å². The second kappa shape index (κ2) is 8.04. The van der Waals surface area contributed by atoms with E-state index in [1.165, 1.54) is 11.3 Å². The number of carbonyl (C=O) groups excluding carboxylic acids is 1. The highest BCUT2D eigenvalue weighted by Gasteiger charge is 2.24. The maximum atomic E-state index is 12.5. The molecule has 2 heterocycles. The molecule has 1 fully saturated rings. The van der Waals surface area contributed by atoms with Crippen molar-refractivity contribution in [2.24, 2.45) is 0 Å². The first-order valence-corrected chi connectivity index (χ1v) is 8.72. The number of hydrogen-bond acceptors (Lipinski definition) is 4. The molecule has 7 heteroatoms. The smallest absolute Gasteiger partial charge is 0.264 e. The Labute approximate surface area is 154 Å². The molecule has 0 N–H and O–H groups in total. The second-order valence-corrected chi connectivity index (χ2v) is 7.52. The summed E-state index contributed by atoms with van der Waals surface area (Å²) >= 11 is 4.89. The molecule has 3 rings (SSSR count). The minimum Gasteiger partial charge on any atom is -1.00 e. The van der Waals surface area contributed by atoms with Crippen LogP contribution in [0.3, 0.4) is 0 Å². The first kappa shape index (κ1) is 18.1. The predicted molar refractivity (Wildman–Crippen MR) is 93.1 cm³/mol. The first-order chi connectivity index (χ1) is 10.7. The van der Waals surface area contributed by atoms with E-state index in [1.807, 2.05) is 35.2 Å². The lowest BCUT2D eigenvalue weighted by atomic mass is 10.2. The summed E-state index contributed by atoms with van der Waals surface area (Å²) in [5.74, 6) is 1.000. The van der Waals surface area contributed by atoms with Crippen molar-refractivity contribution in [2.45, 2.75) is 0 Å². The zero-order valence-electron chi connectivity index (χ0n) is 12.7. The normalized spacial score (nSPS) is 14.3. The van der Waals surface area contributed by atoms with Crippen LogP contribution in [0.15, 0.2) is 40.2 Å². The van der Waals surface area contributed by atoms with E-state index in [0.29, 0.717) is 0 Å². The standard InChI is InChI=1S/C16H17BrN2O2S.ClH/c1-21-13-5-3-2-4-12(13)18-8-10-19(11-9-18)16(20)14-6-7-15(17)22-14;/h2-7H,8-11H2,1H3;1H/p-1. The number of carbonyl (C=O) groups is 1. The molecule has 1 aliphatic heterocycles. The number of hydrogen-bond donors (Lipinski definition) is 0. The Bertz CT molecular complexity index is 672. The van der Waals surface area contributed by atoms with Gasteiger partial charge in [-0.25, -0.2) is 0 Å². The van der Waals surface area contributed by atoms with Gasteiger partial charge in [-0.2, -0.15) is 0 Å². The maximum absolute atomic E-state index is 12.5. The molecule has 0 spiro atoms. The fraction of sp³-hybridized carbons (Fsp3) is 0.312. The number of para-hydroxylation sites is 2. The maximum Gasteiger partial charge on any atom is 0.264 e. The average Bonchev–Trinajstić information content (AvgIpc) is 3.01. The topological polar surface area (TPSA) is 32.8 Å². The second-order valence-electron chi connectivity index (χ2n) is 5.05. The number of nitrogens with zero attached hydrogens (tertiary/aromatic N) is 2. The number of rotatable bonds is 3. The molecule has 1 saturated heterocycles. The molecule has 1 aromatic carbocycles. The van der Waals surface area contributed by atoms with Gasteiger partial charge >= 0.3 is 0 Å². The Hall–Kier alpha value is -1.24. The fourth-order valence-electron chi connectivity index (χ4n) is 2.63. The SMILES string of the molecule is COc1ccccc1N1CCN(C(=O)c2ccc(Br)s2)CC1.[Cl-]. The van der Waals surface area contributed by atoms with Crippen molar-refractivity contribution >= 4 is 38.9 Å². The molecular weight excluding hydrogens is 400 g/mol. The van der Waals surface area contributed by atoms with Crippen LogP contribution in [-0.4, -0.2) is 44.1 Å². The van der Waals surface area contributed by atoms with Crippen molar-refractivity contribution in [1.29, 1.82) is 0 Å². The van der Waals surface area contributed by atoms with Gasteiger partial charge in [0.15, 0.2) is 0 Å². The average molecular weight is 417 g/mol. The molecule has 124 valence electrons. The molecule has 2 aromatic rings. The molecular formula is C16H17BrClN2O2S-. The van der Waals surface area contributed by atoms with Crippen molar-refractivity contribution in [3.05, 3.63) is 45.1 Å². The van der Waals surface area contributed by atoms with E-state index in [9.17, 15) is 4.79 Å². The van der Waals surface area contributed by atoms with Crippen molar-refractivity contribution in [2.75, 3.05) is 38.2 Å². The van der Waals surface area contributed by atoms with Gasteiger partial charge in [0.2, 0.25) is 0 Å². The molecule has 0 atom stereocenters. The van der Waals surface area contributed by atoms with Crippen LogP contribution in [0.4, 0.5) is 5.69 Å². The zero-order valence-corrected chi connectivity index (χ0v) is 15.8. The number of thiophene rings is 1. The number of ether oxygens (including phenoxy) is 1. The van der Waals surface area contributed by atoms with E-state index in [2.05, 4.69) is 26.9 Å². The molecule has 0 radical (unpaired) electrons. The van der Waals surface area contributed by atoms with Crippen molar-refractivity contribution in [1.82, 2.24) is 4.90 Å². The van der Waals surface area contributed by atoms with Gasteiger partial charge in [0.1, 0.15) is 5.75 Å². The summed E-state index contributed by atoms with van der Waals surface area (Å²) in [6, 6.07) is 11.8. The van der Waals surface area contributed by atoms with Crippen LogP contribution in [0, 0.1) is 0 Å². The quantitative estimate of drug-likeness (QED) is 0.730. The van der Waals surface area contributed by atoms with Gasteiger partial charge in [-0.3, -0.25) is 4.79 Å². The van der Waals surface area contributed by atoms with Gasteiger partial charge in [0.05, 0.1) is 21.5 Å². The number of anilines is 1. The largest absolute Gasteiger partial charge is 1.00 e. The van der Waals surface area contributed by atoms with Crippen LogP contribution >= 0.6 is 27.3 Å². The lowest BCUT2D eigenvalue weighted by molar-refractivity contribution is -0.0000145. The monoisotopic (exact) mass is 415 g/mol. The van der Waals surface area contributed by atoms with Gasteiger partial charge in [0.25, 0.3) is 5.91 Å². The summed E-state index contributed by atoms with van der Waals surface area (Å²) in [7, 11) is 1.69. The summed E-state index contributed by atoms with van der Waals surface area (Å²) in [4.78, 5) is 17.4. The fourth-order valence-corrected chi connectivity index (χ4v) is 3.98. The van der Waals surface area contributed by atoms with E-state index in [1.54, 1.807) is 7.11 Å². The van der Waals surface area contributed by atoms with Gasteiger partial charge in [0, 0.05) is 26.2 Å². The molecule has 1 aromatic heterocycles. The Morgan fingerprint density at radius 3 is 2.43 bits per heavy atom. The first-order valence-electron chi connectivity index (χ1n) is 7.11. The molecule has 1 aliphatic rings. The van der Waals surface area contributed by atoms with Crippen LogP contribution in [0.5, 0.6) is 5.75 Å². The van der Waals surface area contributed by atoms with E-state index in [0.717, 1.165) is 46.3 Å². The summed E-state index contributed by atoms with van der Waals surface area (Å²) in [5.41, 5.74) is 1.09. The number of piperazine rings is 1. The van der Waals surface area contributed by atoms with E-state index in [4.69, 9.17) is 4.74 Å². The Balaban J connectivity index is 0.00000192. The van der Waals surface area contributed by atoms with Gasteiger partial charge < -0.3 is 26.9 Å². The van der Waals surface area contributed by atoms with Crippen LogP contribution in [0.2, 0.25) is 0 Å².